The summed E-state index contributed by atoms with van der Waals surface area (Å²) in [7, 11) is 2.99. The second-order valence-electron chi connectivity index (χ2n) is 10.1. The molecule has 0 spiro atoms. The Bertz CT molecular complexity index is 1390. The van der Waals surface area contributed by atoms with Crippen LogP contribution in [0.4, 0.5) is 4.39 Å². The molecule has 0 atom stereocenters. The average molecular weight is 522 g/mol. The van der Waals surface area contributed by atoms with Gasteiger partial charge in [-0.1, -0.05) is 12.1 Å². The Morgan fingerprint density at radius 2 is 1.68 bits per heavy atom. The van der Waals surface area contributed by atoms with Gasteiger partial charge in [0.15, 0.2) is 6.73 Å². The molecule has 2 amide bonds. The number of carbonyl (C=O) groups excluding carboxylic acids is 4. The van der Waals surface area contributed by atoms with Crippen molar-refractivity contribution in [2.45, 2.75) is 39.8 Å². The maximum absolute atomic E-state index is 13.6. The number of likely N-dealkylation sites (tertiary alicyclic amines) is 1. The minimum Gasteiger partial charge on any atom is -0.444 e. The summed E-state index contributed by atoms with van der Waals surface area (Å²) in [5, 5.41) is 0.456. The lowest BCUT2D eigenvalue weighted by atomic mass is 9.89. The maximum Gasteiger partial charge on any atom is 0.304 e. The first-order valence-corrected chi connectivity index (χ1v) is 12.6. The van der Waals surface area contributed by atoms with E-state index in [-0.39, 0.29) is 24.0 Å². The normalized spacial score (nSPS) is 14.0. The van der Waals surface area contributed by atoms with Crippen molar-refractivity contribution in [1.82, 2.24) is 14.4 Å². The number of amides is 2. The van der Waals surface area contributed by atoms with Crippen molar-refractivity contribution < 1.29 is 28.3 Å². The van der Waals surface area contributed by atoms with Crippen LogP contribution in [0, 0.1) is 18.7 Å². The number of halogens is 1. The molecule has 38 heavy (non-hydrogen) atoms. The van der Waals surface area contributed by atoms with Crippen molar-refractivity contribution in [2.75, 3.05) is 27.2 Å². The molecule has 1 aliphatic rings. The lowest BCUT2D eigenvalue weighted by molar-refractivity contribution is -0.144. The molecule has 200 valence electrons. The predicted molar refractivity (Wildman–Crippen MR) is 140 cm³/mol. The van der Waals surface area contributed by atoms with E-state index in [4.69, 9.17) is 4.74 Å². The molecule has 1 aromatic heterocycles. The van der Waals surface area contributed by atoms with Gasteiger partial charge in [0, 0.05) is 51.3 Å². The van der Waals surface area contributed by atoms with Crippen LogP contribution >= 0.6 is 0 Å². The third-order valence-electron chi connectivity index (χ3n) is 7.05. The summed E-state index contributed by atoms with van der Waals surface area (Å²) in [5.74, 6) is -1.84. The van der Waals surface area contributed by atoms with E-state index in [1.807, 2.05) is 11.8 Å². The van der Waals surface area contributed by atoms with Crippen LogP contribution in [0.1, 0.15) is 51.6 Å². The highest BCUT2D eigenvalue weighted by Crippen LogP contribution is 2.29. The molecule has 0 unspecified atom stereocenters. The van der Waals surface area contributed by atoms with E-state index in [1.54, 1.807) is 28.8 Å². The monoisotopic (exact) mass is 521 g/mol. The summed E-state index contributed by atoms with van der Waals surface area (Å²) in [6, 6.07) is 10.00. The number of ether oxygens (including phenoxy) is 1. The predicted octanol–water partition coefficient (Wildman–Crippen LogP) is 3.98. The molecule has 4 rings (SSSR count). The van der Waals surface area contributed by atoms with Gasteiger partial charge in [-0.25, -0.2) is 4.39 Å². The van der Waals surface area contributed by atoms with Crippen molar-refractivity contribution in [3.63, 3.8) is 0 Å². The lowest BCUT2D eigenvalue weighted by Gasteiger charge is -2.32. The number of hydrogen-bond acceptors (Lipinski definition) is 5. The number of piperidine rings is 1. The first-order chi connectivity index (χ1) is 18.0. The van der Waals surface area contributed by atoms with Gasteiger partial charge < -0.3 is 19.1 Å². The molecule has 0 aliphatic carbocycles. The van der Waals surface area contributed by atoms with Crippen molar-refractivity contribution in [3.05, 3.63) is 70.7 Å². The van der Waals surface area contributed by atoms with Gasteiger partial charge in [0.1, 0.15) is 5.82 Å². The van der Waals surface area contributed by atoms with E-state index in [1.165, 1.54) is 44.2 Å². The van der Waals surface area contributed by atoms with Crippen LogP contribution in [0.25, 0.3) is 10.9 Å². The molecule has 0 bridgehead atoms. The van der Waals surface area contributed by atoms with Crippen molar-refractivity contribution in [2.24, 2.45) is 5.92 Å². The number of aromatic nitrogens is 1. The fraction of sp³-hybridized carbons (Fsp3) is 0.379. The minimum atomic E-state index is -0.703. The van der Waals surface area contributed by atoms with Crippen molar-refractivity contribution in [3.8, 4) is 0 Å². The Balaban J connectivity index is 1.58. The van der Waals surface area contributed by atoms with Gasteiger partial charge in [-0.3, -0.25) is 19.2 Å². The standard InChI is InChI=1S/C29H32FN3O5/c1-18-13-26-24(25(27(35)29(37)31(3)4)16-33(26)17-38-19(2)34)15-23(18)28(36)32-11-9-21(10-12-32)14-20-5-7-22(30)8-6-20/h5-8,13,15-16,21H,9-12,14,17H2,1-4H3. The summed E-state index contributed by atoms with van der Waals surface area (Å²) >= 11 is 0. The number of benzene rings is 2. The second-order valence-corrected chi connectivity index (χ2v) is 10.1. The molecule has 1 saturated heterocycles. The van der Waals surface area contributed by atoms with Gasteiger partial charge in [-0.05, 0) is 67.5 Å². The van der Waals surface area contributed by atoms with E-state index in [9.17, 15) is 23.6 Å². The van der Waals surface area contributed by atoms with Crippen LogP contribution in [-0.4, -0.2) is 65.1 Å². The summed E-state index contributed by atoms with van der Waals surface area (Å²) in [6.45, 7) is 4.19. The lowest BCUT2D eigenvalue weighted by Crippen LogP contribution is -2.39. The molecule has 3 aromatic rings. The molecule has 2 heterocycles. The highest BCUT2D eigenvalue weighted by molar-refractivity contribution is 6.44. The summed E-state index contributed by atoms with van der Waals surface area (Å²) in [6.07, 6.45) is 4.01. The first-order valence-electron chi connectivity index (χ1n) is 12.6. The maximum atomic E-state index is 13.6. The molecule has 0 N–H and O–H groups in total. The minimum absolute atomic E-state index is 0.121. The van der Waals surface area contributed by atoms with Gasteiger partial charge in [0.2, 0.25) is 0 Å². The second kappa shape index (κ2) is 11.2. The van der Waals surface area contributed by atoms with Crippen LogP contribution in [0.15, 0.2) is 42.6 Å². The van der Waals surface area contributed by atoms with Crippen LogP contribution in [0.2, 0.25) is 0 Å². The van der Waals surface area contributed by atoms with Crippen LogP contribution in [-0.2, 0) is 27.5 Å². The zero-order valence-corrected chi connectivity index (χ0v) is 22.1. The fourth-order valence-corrected chi connectivity index (χ4v) is 4.90. The van der Waals surface area contributed by atoms with Gasteiger partial charge in [-0.2, -0.15) is 0 Å². The number of hydrogen-bond donors (Lipinski definition) is 0. The van der Waals surface area contributed by atoms with E-state index < -0.39 is 17.7 Å². The molecule has 1 aliphatic heterocycles. The van der Waals surface area contributed by atoms with Crippen LogP contribution in [0.3, 0.4) is 0 Å². The molecular weight excluding hydrogens is 489 g/mol. The number of fused-ring (bicyclic) bond motifs is 1. The van der Waals surface area contributed by atoms with Gasteiger partial charge in [-0.15, -0.1) is 0 Å². The van der Waals surface area contributed by atoms with E-state index in [2.05, 4.69) is 0 Å². The zero-order valence-electron chi connectivity index (χ0n) is 22.1. The Morgan fingerprint density at radius 3 is 2.29 bits per heavy atom. The molecule has 9 heteroatoms. The smallest absolute Gasteiger partial charge is 0.304 e. The van der Waals surface area contributed by atoms with Gasteiger partial charge >= 0.3 is 5.97 Å². The SMILES string of the molecule is CC(=O)OCn1cc(C(=O)C(=O)N(C)C)c2cc(C(=O)N3CCC(Cc4ccc(F)cc4)CC3)c(C)cc21. The molecule has 8 nitrogen and oxygen atoms in total. The number of carbonyl (C=O) groups is 4. The average Bonchev–Trinajstić information content (AvgIpc) is 3.24. The third kappa shape index (κ3) is 5.77. The molecular formula is C29H32FN3O5. The Kier molecular flexibility index (Phi) is 7.94. The number of esters is 1. The third-order valence-corrected chi connectivity index (χ3v) is 7.05. The number of ketones is 1. The Hall–Kier alpha value is -4.01. The fourth-order valence-electron chi connectivity index (χ4n) is 4.90. The highest BCUT2D eigenvalue weighted by atomic mass is 19.1. The van der Waals surface area contributed by atoms with E-state index in [0.717, 1.165) is 30.4 Å². The van der Waals surface area contributed by atoms with Crippen molar-refractivity contribution >= 4 is 34.5 Å². The van der Waals surface area contributed by atoms with Crippen LogP contribution in [0.5, 0.6) is 0 Å². The number of likely N-dealkylation sites (N-methyl/N-ethyl adjacent to an activating group) is 1. The zero-order chi connectivity index (χ0) is 27.6. The Morgan fingerprint density at radius 1 is 1.03 bits per heavy atom. The molecule has 2 aromatic carbocycles. The summed E-state index contributed by atoms with van der Waals surface area (Å²) < 4.78 is 19.9. The largest absolute Gasteiger partial charge is 0.444 e. The molecule has 1 fully saturated rings. The van der Waals surface area contributed by atoms with Crippen LogP contribution < -0.4 is 0 Å². The number of rotatable bonds is 7. The number of aryl methyl sites for hydroxylation is 1. The first kappa shape index (κ1) is 27.0. The van der Waals surface area contributed by atoms with Crippen molar-refractivity contribution in [1.29, 1.82) is 0 Å². The topological polar surface area (TPSA) is 88.9 Å². The quantitative estimate of drug-likeness (QED) is 0.267. The van der Waals surface area contributed by atoms with E-state index >= 15 is 0 Å². The highest BCUT2D eigenvalue weighted by Gasteiger charge is 2.28. The molecule has 0 radical (unpaired) electrons. The van der Waals surface area contributed by atoms with Gasteiger partial charge in [0.05, 0.1) is 11.1 Å². The summed E-state index contributed by atoms with van der Waals surface area (Å²) in [5.41, 5.74) is 3.01. The summed E-state index contributed by atoms with van der Waals surface area (Å²) in [4.78, 5) is 53.4. The Labute approximate surface area is 221 Å². The number of nitrogens with zero attached hydrogens (tertiary/aromatic N) is 3. The van der Waals surface area contributed by atoms with E-state index in [0.29, 0.717) is 35.5 Å². The van der Waals surface area contributed by atoms with Gasteiger partial charge in [0.25, 0.3) is 17.6 Å². The molecule has 0 saturated carbocycles. The number of Topliss-reactive ketones (excluding diaryl/α,β-unsaturated/α-hetero) is 1.